The fourth-order valence-electron chi connectivity index (χ4n) is 5.13. The second-order valence-electron chi connectivity index (χ2n) is 9.93. The number of piperazine rings is 1. The third kappa shape index (κ3) is 6.81. The molecule has 0 spiro atoms. The Kier molecular flexibility index (Phi) is 8.18. The fourth-order valence-corrected chi connectivity index (χ4v) is 5.13. The molecule has 1 aromatic heterocycles. The van der Waals surface area contributed by atoms with Gasteiger partial charge in [-0.1, -0.05) is 42.5 Å². The van der Waals surface area contributed by atoms with Crippen molar-refractivity contribution in [1.29, 1.82) is 0 Å². The van der Waals surface area contributed by atoms with E-state index in [0.29, 0.717) is 25.3 Å². The quantitative estimate of drug-likeness (QED) is 0.385. The van der Waals surface area contributed by atoms with Gasteiger partial charge >= 0.3 is 17.8 Å². The van der Waals surface area contributed by atoms with Crippen LogP contribution in [0.5, 0.6) is 0 Å². The predicted molar refractivity (Wildman–Crippen MR) is 147 cm³/mol. The topological polar surface area (TPSA) is 132 Å². The molecule has 1 atom stereocenters. The Labute approximate surface area is 226 Å². The van der Waals surface area contributed by atoms with Gasteiger partial charge in [0.1, 0.15) is 5.82 Å². The Bertz CT molecular complexity index is 1340. The number of carboxylic acid groups (broad SMARTS) is 1. The summed E-state index contributed by atoms with van der Waals surface area (Å²) in [6.45, 7) is 4.17. The van der Waals surface area contributed by atoms with E-state index in [1.807, 2.05) is 54.6 Å². The highest BCUT2D eigenvalue weighted by atomic mass is 16.4. The van der Waals surface area contributed by atoms with Gasteiger partial charge in [0.25, 0.3) is 0 Å². The van der Waals surface area contributed by atoms with E-state index in [1.165, 1.54) is 4.57 Å². The minimum atomic E-state index is -0.972. The fraction of sp³-hybridized carbons (Fsp3) is 0.357. The summed E-state index contributed by atoms with van der Waals surface area (Å²) in [5, 5.41) is 17.6. The van der Waals surface area contributed by atoms with E-state index in [9.17, 15) is 14.4 Å². The molecule has 0 saturated carbocycles. The number of hydrogen-bond acceptors (Lipinski definition) is 6. The number of urea groups is 1. The number of aromatic nitrogens is 2. The second-order valence-corrected chi connectivity index (χ2v) is 9.93. The monoisotopic (exact) mass is 531 g/mol. The first-order valence-corrected chi connectivity index (χ1v) is 13.2. The first-order valence-electron chi connectivity index (χ1n) is 13.2. The van der Waals surface area contributed by atoms with Gasteiger partial charge in [-0.25, -0.2) is 14.4 Å². The molecule has 0 radical (unpaired) electrons. The number of hydrogen-bond donors (Lipinski definition) is 4. The van der Waals surface area contributed by atoms with E-state index in [0.717, 1.165) is 43.6 Å². The molecule has 4 N–H and O–H groups in total. The van der Waals surface area contributed by atoms with Crippen LogP contribution in [0.15, 0.2) is 71.7 Å². The van der Waals surface area contributed by atoms with Crippen LogP contribution < -0.4 is 21.6 Å². The SMILES string of the molecule is O=C(O)NC1CCN(Cc2ccc(-n3ccc(NC(=O)N4CCNC(c5ccccc5)C4)nc3=O)cc2)CC1. The van der Waals surface area contributed by atoms with E-state index in [2.05, 4.69) is 25.8 Å². The Hall–Kier alpha value is -4.22. The molecule has 2 aliphatic heterocycles. The molecule has 2 fully saturated rings. The number of nitrogens with one attached hydrogen (secondary N) is 3. The van der Waals surface area contributed by atoms with Crippen molar-refractivity contribution in [3.63, 3.8) is 0 Å². The molecule has 2 saturated heterocycles. The lowest BCUT2D eigenvalue weighted by atomic mass is 10.0. The van der Waals surface area contributed by atoms with Gasteiger partial charge in [0.15, 0.2) is 0 Å². The molecule has 11 heteroatoms. The van der Waals surface area contributed by atoms with Crippen molar-refractivity contribution < 1.29 is 14.7 Å². The van der Waals surface area contributed by atoms with E-state index >= 15 is 0 Å². The maximum absolute atomic E-state index is 12.9. The van der Waals surface area contributed by atoms with Crippen molar-refractivity contribution >= 4 is 17.9 Å². The number of carbonyl (C=O) groups is 2. The van der Waals surface area contributed by atoms with Crippen LogP contribution in [0, 0.1) is 0 Å². The van der Waals surface area contributed by atoms with Gasteiger partial charge in [-0.15, -0.1) is 0 Å². The number of piperidine rings is 1. The highest BCUT2D eigenvalue weighted by molar-refractivity contribution is 5.88. The largest absolute Gasteiger partial charge is 0.465 e. The molecule has 0 bridgehead atoms. The molecule has 2 aromatic carbocycles. The molecule has 0 aliphatic carbocycles. The summed E-state index contributed by atoms with van der Waals surface area (Å²) in [6, 6.07) is 19.1. The average molecular weight is 532 g/mol. The van der Waals surface area contributed by atoms with Crippen LogP contribution in [0.1, 0.15) is 30.0 Å². The van der Waals surface area contributed by atoms with E-state index in [1.54, 1.807) is 17.2 Å². The summed E-state index contributed by atoms with van der Waals surface area (Å²) in [4.78, 5) is 44.6. The van der Waals surface area contributed by atoms with E-state index in [-0.39, 0.29) is 23.9 Å². The summed E-state index contributed by atoms with van der Waals surface area (Å²) in [5.41, 5.74) is 2.44. The molecular formula is C28H33N7O4. The minimum Gasteiger partial charge on any atom is -0.465 e. The number of rotatable bonds is 6. The molecule has 3 heterocycles. The number of amides is 3. The minimum absolute atomic E-state index is 0.0105. The van der Waals surface area contributed by atoms with Gasteiger partial charge in [0.2, 0.25) is 0 Å². The van der Waals surface area contributed by atoms with Gasteiger partial charge in [0, 0.05) is 51.5 Å². The van der Waals surface area contributed by atoms with Gasteiger partial charge in [0.05, 0.1) is 11.7 Å². The molecular weight excluding hydrogens is 498 g/mol. The third-order valence-electron chi connectivity index (χ3n) is 7.24. The summed E-state index contributed by atoms with van der Waals surface area (Å²) in [6.07, 6.45) is 2.22. The van der Waals surface area contributed by atoms with Crippen molar-refractivity contribution in [2.24, 2.45) is 0 Å². The summed E-state index contributed by atoms with van der Waals surface area (Å²) >= 11 is 0. The average Bonchev–Trinajstić information content (AvgIpc) is 2.95. The van der Waals surface area contributed by atoms with Crippen molar-refractivity contribution in [1.82, 2.24) is 30.0 Å². The summed E-state index contributed by atoms with van der Waals surface area (Å²) in [7, 11) is 0. The Morgan fingerprint density at radius 3 is 2.44 bits per heavy atom. The molecule has 11 nitrogen and oxygen atoms in total. The highest BCUT2D eigenvalue weighted by Crippen LogP contribution is 2.18. The molecule has 1 unspecified atom stereocenters. The van der Waals surface area contributed by atoms with Crippen LogP contribution in [0.4, 0.5) is 15.4 Å². The lowest BCUT2D eigenvalue weighted by Gasteiger charge is -2.33. The van der Waals surface area contributed by atoms with Gasteiger partial charge < -0.3 is 20.6 Å². The summed E-state index contributed by atoms with van der Waals surface area (Å²) < 4.78 is 1.44. The van der Waals surface area contributed by atoms with Crippen LogP contribution in [-0.2, 0) is 6.54 Å². The van der Waals surface area contributed by atoms with Crippen LogP contribution >= 0.6 is 0 Å². The predicted octanol–water partition coefficient (Wildman–Crippen LogP) is 2.64. The summed E-state index contributed by atoms with van der Waals surface area (Å²) in [5.74, 6) is 0.216. The maximum Gasteiger partial charge on any atom is 0.404 e. The van der Waals surface area contributed by atoms with Gasteiger partial charge in [-0.3, -0.25) is 14.8 Å². The van der Waals surface area contributed by atoms with Crippen molar-refractivity contribution in [2.75, 3.05) is 38.0 Å². The molecule has 2 aliphatic rings. The first kappa shape index (κ1) is 26.4. The van der Waals surface area contributed by atoms with Gasteiger partial charge in [-0.2, -0.15) is 4.98 Å². The van der Waals surface area contributed by atoms with E-state index in [4.69, 9.17) is 5.11 Å². The Morgan fingerprint density at radius 1 is 1.00 bits per heavy atom. The van der Waals surface area contributed by atoms with Crippen LogP contribution in [0.2, 0.25) is 0 Å². The first-order chi connectivity index (χ1) is 18.9. The number of anilines is 1. The molecule has 204 valence electrons. The molecule has 39 heavy (non-hydrogen) atoms. The Balaban J connectivity index is 1.16. The third-order valence-corrected chi connectivity index (χ3v) is 7.24. The van der Waals surface area contributed by atoms with E-state index < -0.39 is 11.8 Å². The number of likely N-dealkylation sites (tertiary alicyclic amines) is 1. The van der Waals surface area contributed by atoms with Crippen molar-refractivity contribution in [2.45, 2.75) is 31.5 Å². The second kappa shape index (κ2) is 12.1. The van der Waals surface area contributed by atoms with Crippen LogP contribution in [-0.4, -0.2) is 75.3 Å². The highest BCUT2D eigenvalue weighted by Gasteiger charge is 2.25. The number of benzene rings is 2. The zero-order chi connectivity index (χ0) is 27.2. The molecule has 3 aromatic rings. The lowest BCUT2D eigenvalue weighted by molar-refractivity contribution is 0.165. The Morgan fingerprint density at radius 2 is 1.74 bits per heavy atom. The van der Waals surface area contributed by atoms with Crippen LogP contribution in [0.25, 0.3) is 5.69 Å². The lowest BCUT2D eigenvalue weighted by Crippen LogP contribution is -2.49. The molecule has 5 rings (SSSR count). The van der Waals surface area contributed by atoms with Crippen LogP contribution in [0.3, 0.4) is 0 Å². The smallest absolute Gasteiger partial charge is 0.404 e. The molecule has 3 amide bonds. The zero-order valence-corrected chi connectivity index (χ0v) is 21.6. The number of nitrogens with zero attached hydrogens (tertiary/aromatic N) is 4. The maximum atomic E-state index is 12.9. The number of carbonyl (C=O) groups excluding carboxylic acids is 1. The van der Waals surface area contributed by atoms with Crippen molar-refractivity contribution in [3.8, 4) is 5.69 Å². The van der Waals surface area contributed by atoms with Gasteiger partial charge in [-0.05, 0) is 42.2 Å². The zero-order valence-electron chi connectivity index (χ0n) is 21.6. The standard InChI is InChI=1S/C28H33N7O4/c36-26(34-17-13-29-24(19-34)21-4-2-1-3-5-21)31-25-12-16-35(27(37)32-25)23-8-6-20(7-9-23)18-33-14-10-22(11-15-33)30-28(38)39/h1-9,12,16,22,24,29-30H,10-11,13-15,17-19H2,(H,38,39)(H,31,32,36,37). The van der Waals surface area contributed by atoms with Crippen molar-refractivity contribution in [3.05, 3.63) is 88.5 Å². The normalized spacial score (nSPS) is 18.5.